The van der Waals surface area contributed by atoms with Crippen molar-refractivity contribution in [1.82, 2.24) is 19.6 Å². The smallest absolute Gasteiger partial charge is 0.253 e. The summed E-state index contributed by atoms with van der Waals surface area (Å²) in [5.74, 6) is 0.769. The Balaban J connectivity index is 1.39. The Labute approximate surface area is 210 Å². The fraction of sp³-hybridized carbons (Fsp3) is 0.679. The van der Waals surface area contributed by atoms with Crippen LogP contribution in [0.4, 0.5) is 0 Å². The molecule has 35 heavy (non-hydrogen) atoms. The van der Waals surface area contributed by atoms with Gasteiger partial charge in [0.2, 0.25) is 11.8 Å². The van der Waals surface area contributed by atoms with E-state index in [-0.39, 0.29) is 29.2 Å². The second kappa shape index (κ2) is 10.7. The highest BCUT2D eigenvalue weighted by molar-refractivity contribution is 5.94. The van der Waals surface area contributed by atoms with E-state index in [1.807, 2.05) is 26.8 Å². The van der Waals surface area contributed by atoms with Gasteiger partial charge in [-0.25, -0.2) is 0 Å². The van der Waals surface area contributed by atoms with Crippen LogP contribution in [0.2, 0.25) is 0 Å². The Morgan fingerprint density at radius 1 is 0.771 bits per heavy atom. The number of piperazine rings is 2. The van der Waals surface area contributed by atoms with Gasteiger partial charge < -0.3 is 14.7 Å². The molecule has 0 aromatic heterocycles. The molecular formula is C28H42N4O3. The van der Waals surface area contributed by atoms with Crippen molar-refractivity contribution in [3.8, 4) is 0 Å². The molecule has 1 aliphatic carbocycles. The Bertz CT molecular complexity index is 901. The van der Waals surface area contributed by atoms with E-state index in [0.29, 0.717) is 45.2 Å². The second-order valence-electron chi connectivity index (χ2n) is 11.5. The zero-order chi connectivity index (χ0) is 25.2. The first-order valence-corrected chi connectivity index (χ1v) is 13.3. The molecule has 1 aromatic rings. The SMILES string of the molecule is CC(=O)N1CCN(C(=O)C(C2CCCC2)N2CCN(C(=O)c3ccc(C(C)(C)C)cc3)CC2)CC1. The van der Waals surface area contributed by atoms with Crippen LogP contribution in [0.3, 0.4) is 0 Å². The van der Waals surface area contributed by atoms with Gasteiger partial charge in [0.15, 0.2) is 0 Å². The number of hydrogen-bond acceptors (Lipinski definition) is 4. The molecule has 3 fully saturated rings. The van der Waals surface area contributed by atoms with Crippen LogP contribution in [0.5, 0.6) is 0 Å². The lowest BCUT2D eigenvalue weighted by molar-refractivity contribution is -0.144. The predicted molar refractivity (Wildman–Crippen MR) is 137 cm³/mol. The highest BCUT2D eigenvalue weighted by atomic mass is 16.2. The molecule has 7 heteroatoms. The maximum absolute atomic E-state index is 13.7. The van der Waals surface area contributed by atoms with Gasteiger partial charge >= 0.3 is 0 Å². The van der Waals surface area contributed by atoms with Crippen LogP contribution in [0.1, 0.15) is 69.3 Å². The van der Waals surface area contributed by atoms with Gasteiger partial charge in [-0.2, -0.15) is 0 Å². The lowest BCUT2D eigenvalue weighted by Crippen LogP contribution is -2.60. The molecule has 1 atom stereocenters. The quantitative estimate of drug-likeness (QED) is 0.662. The van der Waals surface area contributed by atoms with Crippen molar-refractivity contribution in [2.24, 2.45) is 5.92 Å². The van der Waals surface area contributed by atoms with E-state index >= 15 is 0 Å². The molecule has 0 N–H and O–H groups in total. The Kier molecular flexibility index (Phi) is 7.84. The lowest BCUT2D eigenvalue weighted by Gasteiger charge is -2.44. The van der Waals surface area contributed by atoms with Crippen molar-refractivity contribution < 1.29 is 14.4 Å². The van der Waals surface area contributed by atoms with Gasteiger partial charge in [-0.3, -0.25) is 19.3 Å². The molecular weight excluding hydrogens is 440 g/mol. The van der Waals surface area contributed by atoms with E-state index in [9.17, 15) is 14.4 Å². The predicted octanol–water partition coefficient (Wildman–Crippen LogP) is 2.99. The second-order valence-corrected chi connectivity index (χ2v) is 11.5. The molecule has 1 unspecified atom stereocenters. The van der Waals surface area contributed by atoms with E-state index in [1.54, 1.807) is 6.92 Å². The normalized spacial score (nSPS) is 21.3. The molecule has 0 bridgehead atoms. The van der Waals surface area contributed by atoms with Crippen molar-refractivity contribution in [1.29, 1.82) is 0 Å². The van der Waals surface area contributed by atoms with Crippen LogP contribution in [0.15, 0.2) is 24.3 Å². The highest BCUT2D eigenvalue weighted by Gasteiger charge is 2.40. The third-order valence-electron chi connectivity index (χ3n) is 8.13. The van der Waals surface area contributed by atoms with Gasteiger partial charge in [0.05, 0.1) is 6.04 Å². The minimum absolute atomic E-state index is 0.0632. The molecule has 7 nitrogen and oxygen atoms in total. The largest absolute Gasteiger partial charge is 0.339 e. The minimum Gasteiger partial charge on any atom is -0.339 e. The van der Waals surface area contributed by atoms with Crippen LogP contribution >= 0.6 is 0 Å². The van der Waals surface area contributed by atoms with Crippen molar-refractivity contribution >= 4 is 17.7 Å². The summed E-state index contributed by atoms with van der Waals surface area (Å²) in [6, 6.07) is 7.90. The van der Waals surface area contributed by atoms with Gasteiger partial charge in [-0.15, -0.1) is 0 Å². The summed E-state index contributed by atoms with van der Waals surface area (Å²) in [4.78, 5) is 46.6. The van der Waals surface area contributed by atoms with Crippen molar-refractivity contribution in [2.45, 2.75) is 64.8 Å². The van der Waals surface area contributed by atoms with Gasteiger partial charge in [0.1, 0.15) is 0 Å². The van der Waals surface area contributed by atoms with E-state index in [4.69, 9.17) is 0 Å². The average Bonchev–Trinajstić information content (AvgIpc) is 3.38. The molecule has 4 rings (SSSR count). The van der Waals surface area contributed by atoms with E-state index in [2.05, 4.69) is 37.8 Å². The summed E-state index contributed by atoms with van der Waals surface area (Å²) >= 11 is 0. The van der Waals surface area contributed by atoms with Gasteiger partial charge in [0.25, 0.3) is 5.91 Å². The molecule has 2 heterocycles. The lowest BCUT2D eigenvalue weighted by atomic mass is 9.86. The molecule has 2 saturated heterocycles. The van der Waals surface area contributed by atoms with Gasteiger partial charge in [0, 0.05) is 64.8 Å². The van der Waals surface area contributed by atoms with Gasteiger partial charge in [-0.05, 0) is 41.9 Å². The molecule has 0 radical (unpaired) electrons. The molecule has 2 aliphatic heterocycles. The number of hydrogen-bond donors (Lipinski definition) is 0. The van der Waals surface area contributed by atoms with Crippen LogP contribution in [-0.4, -0.2) is 95.7 Å². The summed E-state index contributed by atoms with van der Waals surface area (Å²) in [6.07, 6.45) is 4.58. The molecule has 0 spiro atoms. The van der Waals surface area contributed by atoms with Gasteiger partial charge in [-0.1, -0.05) is 45.7 Å². The van der Waals surface area contributed by atoms with E-state index in [1.165, 1.54) is 18.4 Å². The number of carbonyl (C=O) groups is 3. The number of carbonyl (C=O) groups excluding carboxylic acids is 3. The summed E-state index contributed by atoms with van der Waals surface area (Å²) in [6.45, 7) is 13.3. The zero-order valence-electron chi connectivity index (χ0n) is 22.0. The first-order chi connectivity index (χ1) is 16.6. The average molecular weight is 483 g/mol. The molecule has 1 saturated carbocycles. The van der Waals surface area contributed by atoms with Crippen LogP contribution in [0, 0.1) is 5.92 Å². The third-order valence-corrected chi connectivity index (χ3v) is 8.13. The summed E-state index contributed by atoms with van der Waals surface area (Å²) in [5, 5.41) is 0. The van der Waals surface area contributed by atoms with Crippen LogP contribution in [-0.2, 0) is 15.0 Å². The summed E-state index contributed by atoms with van der Waals surface area (Å²) in [7, 11) is 0. The van der Waals surface area contributed by atoms with Crippen molar-refractivity contribution in [3.05, 3.63) is 35.4 Å². The summed E-state index contributed by atoms with van der Waals surface area (Å²) < 4.78 is 0. The Morgan fingerprint density at radius 2 is 1.29 bits per heavy atom. The maximum Gasteiger partial charge on any atom is 0.253 e. The van der Waals surface area contributed by atoms with Crippen LogP contribution in [0.25, 0.3) is 0 Å². The van der Waals surface area contributed by atoms with Crippen molar-refractivity contribution in [2.75, 3.05) is 52.4 Å². The Hall–Kier alpha value is -2.41. The summed E-state index contributed by atoms with van der Waals surface area (Å²) in [5.41, 5.74) is 2.02. The van der Waals surface area contributed by atoms with E-state index < -0.39 is 0 Å². The molecule has 192 valence electrons. The first kappa shape index (κ1) is 25.7. The first-order valence-electron chi connectivity index (χ1n) is 13.3. The maximum atomic E-state index is 13.7. The number of rotatable bonds is 4. The van der Waals surface area contributed by atoms with E-state index in [0.717, 1.165) is 31.5 Å². The highest BCUT2D eigenvalue weighted by Crippen LogP contribution is 2.32. The standard InChI is InChI=1S/C28H42N4O3/c1-21(33)29-13-17-32(18-14-29)27(35)25(22-7-5-6-8-22)30-15-19-31(20-16-30)26(34)23-9-11-24(12-10-23)28(2,3)4/h9-12,22,25H,5-8,13-20H2,1-4H3. The fourth-order valence-electron chi connectivity index (χ4n) is 5.86. The molecule has 3 aliphatic rings. The number of nitrogens with zero attached hydrogens (tertiary/aromatic N) is 4. The Morgan fingerprint density at radius 3 is 1.80 bits per heavy atom. The fourth-order valence-corrected chi connectivity index (χ4v) is 5.86. The minimum atomic E-state index is -0.107. The number of amides is 3. The van der Waals surface area contributed by atoms with Crippen molar-refractivity contribution in [3.63, 3.8) is 0 Å². The molecule has 3 amide bonds. The van der Waals surface area contributed by atoms with Crippen LogP contribution < -0.4 is 0 Å². The number of benzene rings is 1. The topological polar surface area (TPSA) is 64.2 Å². The zero-order valence-corrected chi connectivity index (χ0v) is 22.0. The third kappa shape index (κ3) is 5.88. The molecule has 1 aromatic carbocycles. The monoisotopic (exact) mass is 482 g/mol.